The molecule has 1 fully saturated rings. The predicted octanol–water partition coefficient (Wildman–Crippen LogP) is -0.650. The fraction of sp³-hybridized carbons (Fsp3) is 0.818. The predicted molar refractivity (Wildman–Crippen MR) is 67.5 cm³/mol. The third-order valence-corrected chi connectivity index (χ3v) is 2.97. The van der Waals surface area contributed by atoms with Crippen molar-refractivity contribution >= 4 is 11.7 Å². The van der Waals surface area contributed by atoms with E-state index in [9.17, 15) is 4.79 Å². The summed E-state index contributed by atoms with van der Waals surface area (Å²) in [5.41, 5.74) is 5.51. The van der Waals surface area contributed by atoms with E-state index in [0.29, 0.717) is 45.7 Å². The Morgan fingerprint density at radius 1 is 1.56 bits per heavy atom. The lowest BCUT2D eigenvalue weighted by Gasteiger charge is -2.27. The molecule has 7 heteroatoms. The first-order valence-electron chi connectivity index (χ1n) is 6.25. The summed E-state index contributed by atoms with van der Waals surface area (Å²) in [7, 11) is 0. The molecule has 1 aliphatic rings. The molecule has 0 aromatic carbocycles. The Bertz CT molecular complexity index is 290. The minimum atomic E-state index is -0.188. The van der Waals surface area contributed by atoms with Crippen molar-refractivity contribution < 1.29 is 14.7 Å². The third-order valence-electron chi connectivity index (χ3n) is 2.97. The fourth-order valence-corrected chi connectivity index (χ4v) is 1.85. The summed E-state index contributed by atoms with van der Waals surface area (Å²) >= 11 is 0. The summed E-state index contributed by atoms with van der Waals surface area (Å²) in [6, 6.07) is -0.188. The molecule has 1 unspecified atom stereocenters. The van der Waals surface area contributed by atoms with Crippen LogP contribution in [0.2, 0.25) is 0 Å². The molecule has 1 heterocycles. The molecular weight excluding hydrogens is 236 g/mol. The average molecular weight is 258 g/mol. The van der Waals surface area contributed by atoms with Crippen LogP contribution < -0.4 is 11.1 Å². The van der Waals surface area contributed by atoms with Gasteiger partial charge in [0.2, 0.25) is 5.91 Å². The quantitative estimate of drug-likeness (QED) is 0.254. The van der Waals surface area contributed by atoms with E-state index in [1.54, 1.807) is 4.90 Å². The van der Waals surface area contributed by atoms with Gasteiger partial charge < -0.3 is 25.9 Å². The van der Waals surface area contributed by atoms with Crippen molar-refractivity contribution in [2.75, 3.05) is 32.8 Å². The Morgan fingerprint density at radius 2 is 2.22 bits per heavy atom. The standard InChI is InChI=1S/C11H22N4O3/c1-2-9(11(12)14-17)13-4-3-10(16)15-5-7-18-8-6-15/h9,13,17H,2-8H2,1H3,(H2,12,14). The van der Waals surface area contributed by atoms with Gasteiger partial charge in [-0.15, -0.1) is 0 Å². The topological polar surface area (TPSA) is 100 Å². The number of carbonyl (C=O) groups excluding carboxylic acids is 1. The zero-order chi connectivity index (χ0) is 13.4. The third kappa shape index (κ3) is 4.50. The molecule has 0 spiro atoms. The molecule has 4 N–H and O–H groups in total. The normalized spacial score (nSPS) is 18.7. The van der Waals surface area contributed by atoms with Gasteiger partial charge in [0.25, 0.3) is 0 Å². The first-order valence-corrected chi connectivity index (χ1v) is 6.25. The second-order valence-electron chi connectivity index (χ2n) is 4.18. The molecule has 104 valence electrons. The number of amidine groups is 1. The minimum Gasteiger partial charge on any atom is -0.409 e. The van der Waals surface area contributed by atoms with Gasteiger partial charge >= 0.3 is 0 Å². The van der Waals surface area contributed by atoms with Crippen molar-refractivity contribution in [3.05, 3.63) is 0 Å². The molecule has 18 heavy (non-hydrogen) atoms. The van der Waals surface area contributed by atoms with Gasteiger partial charge in [0, 0.05) is 26.1 Å². The van der Waals surface area contributed by atoms with Crippen LogP contribution >= 0.6 is 0 Å². The maximum Gasteiger partial charge on any atom is 0.224 e. The highest BCUT2D eigenvalue weighted by atomic mass is 16.5. The van der Waals surface area contributed by atoms with Crippen molar-refractivity contribution in [1.29, 1.82) is 0 Å². The van der Waals surface area contributed by atoms with Crippen LogP contribution in [0, 0.1) is 0 Å². The summed E-state index contributed by atoms with van der Waals surface area (Å²) in [6.45, 7) is 5.00. The van der Waals surface area contributed by atoms with E-state index in [2.05, 4.69) is 10.5 Å². The number of carbonyl (C=O) groups is 1. The molecule has 1 aliphatic heterocycles. The van der Waals surface area contributed by atoms with Gasteiger partial charge in [-0.2, -0.15) is 0 Å². The van der Waals surface area contributed by atoms with Gasteiger partial charge in [-0.1, -0.05) is 12.1 Å². The molecule has 0 radical (unpaired) electrons. The van der Waals surface area contributed by atoms with Gasteiger partial charge in [0.15, 0.2) is 5.84 Å². The lowest BCUT2D eigenvalue weighted by Crippen LogP contribution is -2.44. The van der Waals surface area contributed by atoms with E-state index in [0.717, 1.165) is 0 Å². The average Bonchev–Trinajstić information content (AvgIpc) is 2.43. The van der Waals surface area contributed by atoms with Crippen molar-refractivity contribution in [3.63, 3.8) is 0 Å². The smallest absolute Gasteiger partial charge is 0.224 e. The molecule has 0 aromatic rings. The molecular formula is C11H22N4O3. The lowest BCUT2D eigenvalue weighted by atomic mass is 10.2. The Balaban J connectivity index is 2.25. The number of morpholine rings is 1. The second kappa shape index (κ2) is 7.88. The van der Waals surface area contributed by atoms with Crippen molar-refractivity contribution in [1.82, 2.24) is 10.2 Å². The van der Waals surface area contributed by atoms with E-state index >= 15 is 0 Å². The van der Waals surface area contributed by atoms with Crippen LogP contribution in [0.25, 0.3) is 0 Å². The van der Waals surface area contributed by atoms with E-state index in [-0.39, 0.29) is 17.8 Å². The second-order valence-corrected chi connectivity index (χ2v) is 4.18. The number of nitrogens with two attached hydrogens (primary N) is 1. The monoisotopic (exact) mass is 258 g/mol. The van der Waals surface area contributed by atoms with Gasteiger partial charge in [-0.25, -0.2) is 0 Å². The highest BCUT2D eigenvalue weighted by Gasteiger charge is 2.17. The molecule has 0 bridgehead atoms. The van der Waals surface area contributed by atoms with E-state index < -0.39 is 0 Å². The van der Waals surface area contributed by atoms with E-state index in [1.165, 1.54) is 0 Å². The summed E-state index contributed by atoms with van der Waals surface area (Å²) in [5, 5.41) is 14.6. The Morgan fingerprint density at radius 3 is 2.78 bits per heavy atom. The Hall–Kier alpha value is -1.34. The van der Waals surface area contributed by atoms with Crippen molar-refractivity contribution in [3.8, 4) is 0 Å². The fourth-order valence-electron chi connectivity index (χ4n) is 1.85. The molecule has 0 saturated carbocycles. The first kappa shape index (κ1) is 14.7. The highest BCUT2D eigenvalue weighted by Crippen LogP contribution is 2.00. The van der Waals surface area contributed by atoms with Crippen LogP contribution in [0.3, 0.4) is 0 Å². The molecule has 1 amide bonds. The van der Waals surface area contributed by atoms with Gasteiger partial charge in [0.05, 0.1) is 19.3 Å². The largest absolute Gasteiger partial charge is 0.409 e. The Kier molecular flexibility index (Phi) is 6.45. The summed E-state index contributed by atoms with van der Waals surface area (Å²) < 4.78 is 5.19. The maximum atomic E-state index is 11.8. The van der Waals surface area contributed by atoms with Crippen LogP contribution in [-0.2, 0) is 9.53 Å². The number of hydrogen-bond donors (Lipinski definition) is 3. The first-order chi connectivity index (χ1) is 8.69. The maximum absolute atomic E-state index is 11.8. The number of oxime groups is 1. The van der Waals surface area contributed by atoms with Gasteiger partial charge in [-0.3, -0.25) is 4.79 Å². The van der Waals surface area contributed by atoms with Crippen LogP contribution in [0.1, 0.15) is 19.8 Å². The summed E-state index contributed by atoms with van der Waals surface area (Å²) in [6.07, 6.45) is 1.12. The van der Waals surface area contributed by atoms with Gasteiger partial charge in [-0.05, 0) is 6.42 Å². The number of nitrogens with one attached hydrogen (secondary N) is 1. The zero-order valence-electron chi connectivity index (χ0n) is 10.8. The molecule has 1 saturated heterocycles. The van der Waals surface area contributed by atoms with Crippen LogP contribution in [0.15, 0.2) is 5.16 Å². The van der Waals surface area contributed by atoms with Crippen molar-refractivity contribution in [2.45, 2.75) is 25.8 Å². The highest BCUT2D eigenvalue weighted by molar-refractivity contribution is 5.85. The van der Waals surface area contributed by atoms with Crippen LogP contribution in [0.5, 0.6) is 0 Å². The number of ether oxygens (including phenoxy) is 1. The minimum absolute atomic E-state index is 0.111. The van der Waals surface area contributed by atoms with Gasteiger partial charge in [0.1, 0.15) is 0 Å². The number of rotatable bonds is 6. The van der Waals surface area contributed by atoms with Crippen molar-refractivity contribution in [2.24, 2.45) is 10.9 Å². The molecule has 0 aromatic heterocycles. The zero-order valence-corrected chi connectivity index (χ0v) is 10.8. The summed E-state index contributed by atoms with van der Waals surface area (Å²) in [5.74, 6) is 0.261. The van der Waals surface area contributed by atoms with Crippen LogP contribution in [0.4, 0.5) is 0 Å². The number of hydrogen-bond acceptors (Lipinski definition) is 5. The van der Waals surface area contributed by atoms with Crippen LogP contribution in [-0.4, -0.2) is 60.7 Å². The van der Waals surface area contributed by atoms with E-state index in [4.69, 9.17) is 15.7 Å². The molecule has 1 rings (SSSR count). The number of nitrogens with zero attached hydrogens (tertiary/aromatic N) is 2. The Labute approximate surface area is 107 Å². The molecule has 0 aliphatic carbocycles. The van der Waals surface area contributed by atoms with E-state index in [1.807, 2.05) is 6.92 Å². The SMILES string of the molecule is CCC(NCCC(=O)N1CCOCC1)C(N)=NO. The lowest BCUT2D eigenvalue weighted by molar-refractivity contribution is -0.135. The summed E-state index contributed by atoms with van der Waals surface area (Å²) in [4.78, 5) is 13.6. The number of amides is 1. The molecule has 7 nitrogen and oxygen atoms in total. The molecule has 1 atom stereocenters.